The molecule has 168 valence electrons. The van der Waals surface area contributed by atoms with Crippen molar-refractivity contribution in [3.8, 4) is 17.2 Å². The van der Waals surface area contributed by atoms with Crippen LogP contribution < -0.4 is 19.1 Å². The highest BCUT2D eigenvalue weighted by atomic mass is 35.5. The van der Waals surface area contributed by atoms with Crippen molar-refractivity contribution in [2.45, 2.75) is 6.61 Å². The number of methoxy groups -OCH3 is 2. The number of nitrogens with zero attached hydrogens (tertiary/aromatic N) is 1. The molecule has 1 saturated heterocycles. The molecule has 0 aliphatic carbocycles. The Kier molecular flexibility index (Phi) is 6.91. The Morgan fingerprint density at radius 1 is 0.909 bits per heavy atom. The molecule has 2 amide bonds. The maximum atomic E-state index is 13.0. The number of hydrogen-bond acceptors (Lipinski definition) is 6. The standard InChI is InChI=1S/C25H20ClNO5S/c1-30-20-11-12-21(22(14-20)31-2)27-24(28)23(33-25(27)29)13-16-5-9-19(10-6-16)32-15-17-3-7-18(26)8-4-17/h3-14H,15H2,1-2H3/b23-13-. The molecule has 0 aromatic heterocycles. The van der Waals surface area contributed by atoms with Crippen LogP contribution >= 0.6 is 23.4 Å². The third kappa shape index (κ3) is 5.16. The molecule has 8 heteroatoms. The summed E-state index contributed by atoms with van der Waals surface area (Å²) in [5.41, 5.74) is 2.15. The van der Waals surface area contributed by atoms with E-state index in [0.717, 1.165) is 27.8 Å². The third-order valence-corrected chi connectivity index (χ3v) is 6.04. The van der Waals surface area contributed by atoms with Crippen molar-refractivity contribution in [2.24, 2.45) is 0 Å². The summed E-state index contributed by atoms with van der Waals surface area (Å²) in [6.07, 6.45) is 1.68. The number of carbonyl (C=O) groups is 2. The predicted octanol–water partition coefficient (Wildman–Crippen LogP) is 6.18. The fourth-order valence-corrected chi connectivity index (χ4v) is 4.16. The van der Waals surface area contributed by atoms with Crippen molar-refractivity contribution in [2.75, 3.05) is 19.1 Å². The molecule has 6 nitrogen and oxygen atoms in total. The molecule has 0 unspecified atom stereocenters. The number of anilines is 1. The van der Waals surface area contributed by atoms with Crippen LogP contribution in [0.4, 0.5) is 10.5 Å². The van der Waals surface area contributed by atoms with Crippen LogP contribution in [0.5, 0.6) is 17.2 Å². The lowest BCUT2D eigenvalue weighted by atomic mass is 10.2. The second kappa shape index (κ2) is 10.0. The monoisotopic (exact) mass is 481 g/mol. The maximum Gasteiger partial charge on any atom is 0.298 e. The highest BCUT2D eigenvalue weighted by Crippen LogP contribution is 2.41. The van der Waals surface area contributed by atoms with Crippen LogP contribution in [-0.4, -0.2) is 25.4 Å². The molecule has 0 N–H and O–H groups in total. The van der Waals surface area contributed by atoms with Crippen LogP contribution in [-0.2, 0) is 11.4 Å². The number of amides is 2. The molecule has 33 heavy (non-hydrogen) atoms. The molecular formula is C25H20ClNO5S. The zero-order valence-electron chi connectivity index (χ0n) is 17.9. The number of benzene rings is 3. The quantitative estimate of drug-likeness (QED) is 0.375. The summed E-state index contributed by atoms with van der Waals surface area (Å²) in [7, 11) is 3.01. The van der Waals surface area contributed by atoms with Crippen LogP contribution in [0.1, 0.15) is 11.1 Å². The van der Waals surface area contributed by atoms with Crippen molar-refractivity contribution >= 4 is 46.3 Å². The van der Waals surface area contributed by atoms with Gasteiger partial charge in [-0.25, -0.2) is 4.90 Å². The summed E-state index contributed by atoms with van der Waals surface area (Å²) in [4.78, 5) is 27.0. The SMILES string of the molecule is COc1ccc(N2C(=O)S/C(=C\c3ccc(OCc4ccc(Cl)cc4)cc3)C2=O)c(OC)c1. The molecule has 0 radical (unpaired) electrons. The first-order chi connectivity index (χ1) is 16.0. The van der Waals surface area contributed by atoms with Crippen LogP contribution in [0.25, 0.3) is 6.08 Å². The van der Waals surface area contributed by atoms with E-state index in [2.05, 4.69) is 0 Å². The second-order valence-corrected chi connectivity index (χ2v) is 8.47. The first kappa shape index (κ1) is 22.8. The van der Waals surface area contributed by atoms with E-state index in [0.29, 0.717) is 39.5 Å². The Labute approximate surface area is 200 Å². The van der Waals surface area contributed by atoms with E-state index in [9.17, 15) is 9.59 Å². The molecule has 1 aliphatic heterocycles. The maximum absolute atomic E-state index is 13.0. The first-order valence-electron chi connectivity index (χ1n) is 9.96. The fourth-order valence-electron chi connectivity index (χ4n) is 3.20. The van der Waals surface area contributed by atoms with Gasteiger partial charge < -0.3 is 14.2 Å². The van der Waals surface area contributed by atoms with Crippen LogP contribution in [0, 0.1) is 0 Å². The smallest absolute Gasteiger partial charge is 0.298 e. The fraction of sp³-hybridized carbons (Fsp3) is 0.120. The van der Waals surface area contributed by atoms with Crippen LogP contribution in [0.2, 0.25) is 5.02 Å². The number of imide groups is 1. The minimum absolute atomic E-state index is 0.327. The highest BCUT2D eigenvalue weighted by molar-refractivity contribution is 8.19. The summed E-state index contributed by atoms with van der Waals surface area (Å²) in [6, 6.07) is 19.7. The number of rotatable bonds is 7. The number of thioether (sulfide) groups is 1. The van der Waals surface area contributed by atoms with Crippen molar-refractivity contribution in [3.63, 3.8) is 0 Å². The molecular weight excluding hydrogens is 462 g/mol. The highest BCUT2D eigenvalue weighted by Gasteiger charge is 2.37. The van der Waals surface area contributed by atoms with Crippen molar-refractivity contribution < 1.29 is 23.8 Å². The van der Waals surface area contributed by atoms with E-state index in [1.54, 1.807) is 24.3 Å². The number of ether oxygens (including phenoxy) is 3. The van der Waals surface area contributed by atoms with Gasteiger partial charge in [0.25, 0.3) is 11.1 Å². The van der Waals surface area contributed by atoms with Crippen LogP contribution in [0.15, 0.2) is 71.6 Å². The molecule has 1 aliphatic rings. The van der Waals surface area contributed by atoms with Gasteiger partial charge in [-0.1, -0.05) is 35.9 Å². The molecule has 3 aromatic rings. The molecule has 0 bridgehead atoms. The molecule has 0 atom stereocenters. The predicted molar refractivity (Wildman–Crippen MR) is 130 cm³/mol. The number of halogens is 1. The van der Waals surface area contributed by atoms with Crippen LogP contribution in [0.3, 0.4) is 0 Å². The van der Waals surface area contributed by atoms with Gasteiger partial charge in [-0.15, -0.1) is 0 Å². The molecule has 3 aromatic carbocycles. The summed E-state index contributed by atoms with van der Waals surface area (Å²) >= 11 is 6.78. The Morgan fingerprint density at radius 2 is 1.61 bits per heavy atom. The van der Waals surface area contributed by atoms with Gasteiger partial charge in [-0.2, -0.15) is 0 Å². The van der Waals surface area contributed by atoms with Gasteiger partial charge in [0.1, 0.15) is 23.9 Å². The van der Waals surface area contributed by atoms with Crippen molar-refractivity contribution in [3.05, 3.63) is 87.8 Å². The van der Waals surface area contributed by atoms with E-state index in [1.165, 1.54) is 14.2 Å². The second-order valence-electron chi connectivity index (χ2n) is 7.04. The molecule has 4 rings (SSSR count). The zero-order chi connectivity index (χ0) is 23.4. The normalized spacial score (nSPS) is 14.6. The van der Waals surface area contributed by atoms with Gasteiger partial charge in [0.15, 0.2) is 0 Å². The topological polar surface area (TPSA) is 65.1 Å². The van der Waals surface area contributed by atoms with E-state index in [1.807, 2.05) is 48.5 Å². The molecule has 0 saturated carbocycles. The molecule has 1 heterocycles. The largest absolute Gasteiger partial charge is 0.497 e. The van der Waals surface area contributed by atoms with Gasteiger partial charge >= 0.3 is 0 Å². The minimum atomic E-state index is -0.406. The zero-order valence-corrected chi connectivity index (χ0v) is 19.5. The number of carbonyl (C=O) groups excluding carboxylic acids is 2. The van der Waals surface area contributed by atoms with Gasteiger partial charge in [-0.3, -0.25) is 9.59 Å². The Hall–Kier alpha value is -3.42. The minimum Gasteiger partial charge on any atom is -0.497 e. The van der Waals surface area contributed by atoms with Crippen molar-refractivity contribution in [1.82, 2.24) is 0 Å². The Bertz CT molecular complexity index is 1210. The van der Waals surface area contributed by atoms with Gasteiger partial charge in [0, 0.05) is 11.1 Å². The van der Waals surface area contributed by atoms with Gasteiger partial charge in [0.2, 0.25) is 0 Å². The average Bonchev–Trinajstić information content (AvgIpc) is 3.11. The Morgan fingerprint density at radius 3 is 2.27 bits per heavy atom. The lowest BCUT2D eigenvalue weighted by Crippen LogP contribution is -2.28. The summed E-state index contributed by atoms with van der Waals surface area (Å²) < 4.78 is 16.3. The van der Waals surface area contributed by atoms with E-state index < -0.39 is 11.1 Å². The average molecular weight is 482 g/mol. The molecule has 0 spiro atoms. The Balaban J connectivity index is 1.47. The van der Waals surface area contributed by atoms with Gasteiger partial charge in [0.05, 0.1) is 24.8 Å². The summed E-state index contributed by atoms with van der Waals surface area (Å²) in [5.74, 6) is 1.23. The summed E-state index contributed by atoms with van der Waals surface area (Å²) in [5, 5.41) is 0.288. The van der Waals surface area contributed by atoms with E-state index >= 15 is 0 Å². The van der Waals surface area contributed by atoms with Gasteiger partial charge in [-0.05, 0) is 65.4 Å². The number of hydrogen-bond donors (Lipinski definition) is 0. The van der Waals surface area contributed by atoms with Crippen molar-refractivity contribution in [1.29, 1.82) is 0 Å². The third-order valence-electron chi connectivity index (χ3n) is 4.92. The molecule has 1 fully saturated rings. The van der Waals surface area contributed by atoms with E-state index in [4.69, 9.17) is 25.8 Å². The van der Waals surface area contributed by atoms with E-state index in [-0.39, 0.29) is 0 Å². The summed E-state index contributed by atoms with van der Waals surface area (Å²) in [6.45, 7) is 0.416. The lowest BCUT2D eigenvalue weighted by molar-refractivity contribution is -0.113. The lowest BCUT2D eigenvalue weighted by Gasteiger charge is -2.16. The first-order valence-corrected chi connectivity index (χ1v) is 11.1.